The fourth-order valence-corrected chi connectivity index (χ4v) is 1.01. The Labute approximate surface area is 79.2 Å². The Hall–Kier alpha value is -1.31. The molecular formula is C7H11N3O4. The van der Waals surface area contributed by atoms with Gasteiger partial charge in [-0.15, -0.1) is 5.10 Å². The molecule has 0 saturated carbocycles. The summed E-state index contributed by atoms with van der Waals surface area (Å²) in [6.45, 7) is -1.09. The monoisotopic (exact) mass is 201 g/mol. The molecule has 1 heterocycles. The summed E-state index contributed by atoms with van der Waals surface area (Å²) in [4.78, 5) is 11.2. The van der Waals surface area contributed by atoms with Crippen LogP contribution in [0.3, 0.4) is 0 Å². The molecule has 7 heteroatoms. The summed E-state index contributed by atoms with van der Waals surface area (Å²) in [6, 6.07) is 1.10. The van der Waals surface area contributed by atoms with Crippen molar-refractivity contribution < 1.29 is 15.3 Å². The highest BCUT2D eigenvalue weighted by molar-refractivity contribution is 4.82. The summed E-state index contributed by atoms with van der Waals surface area (Å²) in [6.07, 6.45) is 0.984. The average Bonchev–Trinajstić information content (AvgIpc) is 2.18. The smallest absolute Gasteiger partial charge is 0.272 e. The Balaban J connectivity index is 3.12. The molecule has 0 aliphatic heterocycles. The Morgan fingerprint density at radius 3 is 2.71 bits per heavy atom. The van der Waals surface area contributed by atoms with Gasteiger partial charge in [0.15, 0.2) is 5.72 Å². The van der Waals surface area contributed by atoms with Gasteiger partial charge in [-0.1, -0.05) is 5.21 Å². The molecule has 14 heavy (non-hydrogen) atoms. The molecule has 0 fully saturated rings. The molecular weight excluding hydrogens is 190 g/mol. The topological polar surface area (TPSA) is 108 Å². The lowest BCUT2D eigenvalue weighted by Gasteiger charge is -2.24. The van der Waals surface area contributed by atoms with E-state index in [0.29, 0.717) is 4.68 Å². The average molecular weight is 201 g/mol. The van der Waals surface area contributed by atoms with Crippen LogP contribution in [0, 0.1) is 0 Å². The standard InChI is InChI=1S/C7H11N3O4/c11-4-2-7(14,5-12)10-6(13)1-3-8-9-10/h1,3,11-12,14H,2,4-5H2. The van der Waals surface area contributed by atoms with E-state index in [4.69, 9.17) is 10.2 Å². The third-order valence-corrected chi connectivity index (χ3v) is 1.79. The maximum atomic E-state index is 11.2. The first kappa shape index (κ1) is 10.8. The third-order valence-electron chi connectivity index (χ3n) is 1.79. The van der Waals surface area contributed by atoms with Gasteiger partial charge in [-0.2, -0.15) is 4.68 Å². The van der Waals surface area contributed by atoms with E-state index in [2.05, 4.69) is 10.3 Å². The minimum atomic E-state index is -1.89. The largest absolute Gasteiger partial charge is 0.396 e. The summed E-state index contributed by atoms with van der Waals surface area (Å²) in [5.41, 5.74) is -2.48. The van der Waals surface area contributed by atoms with E-state index in [1.807, 2.05) is 0 Å². The lowest BCUT2D eigenvalue weighted by molar-refractivity contribution is -0.110. The Morgan fingerprint density at radius 1 is 1.50 bits per heavy atom. The van der Waals surface area contributed by atoms with Crippen LogP contribution in [-0.2, 0) is 5.72 Å². The number of hydrogen-bond acceptors (Lipinski definition) is 6. The minimum Gasteiger partial charge on any atom is -0.396 e. The molecule has 0 aliphatic rings. The van der Waals surface area contributed by atoms with Crippen LogP contribution in [0.1, 0.15) is 6.42 Å². The summed E-state index contributed by atoms with van der Waals surface area (Å²) in [7, 11) is 0. The van der Waals surface area contributed by atoms with Gasteiger partial charge in [-0.25, -0.2) is 0 Å². The van der Waals surface area contributed by atoms with Gasteiger partial charge in [-0.05, 0) is 0 Å². The second-order valence-corrected chi connectivity index (χ2v) is 2.78. The first-order valence-electron chi connectivity index (χ1n) is 3.99. The SMILES string of the molecule is O=c1ccnnn1C(O)(CO)CCO. The summed E-state index contributed by atoms with van der Waals surface area (Å²) in [5, 5.41) is 34.1. The third kappa shape index (κ3) is 1.95. The first-order chi connectivity index (χ1) is 6.64. The van der Waals surface area contributed by atoms with Crippen LogP contribution in [-0.4, -0.2) is 43.5 Å². The molecule has 1 aromatic rings. The number of rotatable bonds is 4. The molecule has 78 valence electrons. The van der Waals surface area contributed by atoms with Crippen LogP contribution >= 0.6 is 0 Å². The zero-order valence-electron chi connectivity index (χ0n) is 7.37. The number of hydrogen-bond donors (Lipinski definition) is 3. The van der Waals surface area contributed by atoms with Gasteiger partial charge in [0.25, 0.3) is 5.56 Å². The predicted molar refractivity (Wildman–Crippen MR) is 45.3 cm³/mol. The molecule has 0 radical (unpaired) electrons. The van der Waals surface area contributed by atoms with Crippen LogP contribution in [0.4, 0.5) is 0 Å². The number of aliphatic hydroxyl groups is 3. The number of aromatic nitrogens is 3. The normalized spacial score (nSPS) is 15.1. The quantitative estimate of drug-likeness (QED) is 0.503. The van der Waals surface area contributed by atoms with Gasteiger partial charge in [0.05, 0.1) is 12.8 Å². The van der Waals surface area contributed by atoms with E-state index in [1.165, 1.54) is 6.20 Å². The van der Waals surface area contributed by atoms with Gasteiger partial charge in [0.1, 0.15) is 0 Å². The molecule has 1 unspecified atom stereocenters. The highest BCUT2D eigenvalue weighted by atomic mass is 16.4. The maximum absolute atomic E-state index is 11.2. The molecule has 0 spiro atoms. The van der Waals surface area contributed by atoms with E-state index < -0.39 is 17.9 Å². The molecule has 0 saturated heterocycles. The van der Waals surface area contributed by atoms with Crippen LogP contribution in [0.2, 0.25) is 0 Å². The van der Waals surface area contributed by atoms with Gasteiger partial charge >= 0.3 is 0 Å². The molecule has 1 aromatic heterocycles. The molecule has 0 aliphatic carbocycles. The molecule has 0 bridgehead atoms. The minimum absolute atomic E-state index is 0.192. The van der Waals surface area contributed by atoms with Crippen molar-refractivity contribution in [3.8, 4) is 0 Å². The van der Waals surface area contributed by atoms with E-state index in [0.717, 1.165) is 6.07 Å². The summed E-state index contributed by atoms with van der Waals surface area (Å²) >= 11 is 0. The van der Waals surface area contributed by atoms with E-state index in [1.54, 1.807) is 0 Å². The van der Waals surface area contributed by atoms with Crippen molar-refractivity contribution in [1.29, 1.82) is 0 Å². The van der Waals surface area contributed by atoms with Crippen molar-refractivity contribution in [1.82, 2.24) is 15.0 Å². The lowest BCUT2D eigenvalue weighted by Crippen LogP contribution is -2.46. The predicted octanol–water partition coefficient (Wildman–Crippen LogP) is -2.34. The van der Waals surface area contributed by atoms with Crippen molar-refractivity contribution in [2.24, 2.45) is 0 Å². The van der Waals surface area contributed by atoms with Crippen LogP contribution < -0.4 is 5.56 Å². The van der Waals surface area contributed by atoms with Crippen LogP contribution in [0.15, 0.2) is 17.1 Å². The molecule has 0 aromatic carbocycles. The Kier molecular flexibility index (Phi) is 3.28. The zero-order chi connectivity index (χ0) is 10.6. The zero-order valence-corrected chi connectivity index (χ0v) is 7.37. The molecule has 3 N–H and O–H groups in total. The Morgan fingerprint density at radius 2 is 2.21 bits per heavy atom. The van der Waals surface area contributed by atoms with E-state index >= 15 is 0 Å². The highest BCUT2D eigenvalue weighted by Gasteiger charge is 2.30. The Bertz CT molecular complexity index is 353. The molecule has 1 atom stereocenters. The molecule has 1 rings (SSSR count). The summed E-state index contributed by atoms with van der Waals surface area (Å²) in [5.74, 6) is 0. The van der Waals surface area contributed by atoms with Gasteiger partial charge in [0.2, 0.25) is 0 Å². The number of nitrogens with zero attached hydrogens (tertiary/aromatic N) is 3. The molecule has 7 nitrogen and oxygen atoms in total. The van der Waals surface area contributed by atoms with Crippen molar-refractivity contribution in [2.45, 2.75) is 12.1 Å². The second kappa shape index (κ2) is 4.27. The van der Waals surface area contributed by atoms with Crippen molar-refractivity contribution >= 4 is 0 Å². The van der Waals surface area contributed by atoms with Gasteiger partial charge in [0, 0.05) is 19.1 Å². The molecule has 0 amide bonds. The maximum Gasteiger partial charge on any atom is 0.272 e. The fourth-order valence-electron chi connectivity index (χ4n) is 1.01. The van der Waals surface area contributed by atoms with Crippen molar-refractivity contribution in [3.63, 3.8) is 0 Å². The van der Waals surface area contributed by atoms with Crippen LogP contribution in [0.5, 0.6) is 0 Å². The fraction of sp³-hybridized carbons (Fsp3) is 0.571. The highest BCUT2D eigenvalue weighted by Crippen LogP contribution is 2.11. The van der Waals surface area contributed by atoms with Crippen molar-refractivity contribution in [3.05, 3.63) is 22.6 Å². The van der Waals surface area contributed by atoms with E-state index in [9.17, 15) is 9.90 Å². The summed E-state index contributed by atoms with van der Waals surface area (Å²) < 4.78 is 0.642. The van der Waals surface area contributed by atoms with Gasteiger partial charge in [-0.3, -0.25) is 4.79 Å². The van der Waals surface area contributed by atoms with Crippen molar-refractivity contribution in [2.75, 3.05) is 13.2 Å². The van der Waals surface area contributed by atoms with E-state index in [-0.39, 0.29) is 13.0 Å². The van der Waals surface area contributed by atoms with Gasteiger partial charge < -0.3 is 15.3 Å². The second-order valence-electron chi connectivity index (χ2n) is 2.78. The number of aliphatic hydroxyl groups excluding tert-OH is 2. The first-order valence-corrected chi connectivity index (χ1v) is 3.99. The van der Waals surface area contributed by atoms with Crippen LogP contribution in [0.25, 0.3) is 0 Å². The lowest BCUT2D eigenvalue weighted by atomic mass is 10.1.